The van der Waals surface area contributed by atoms with Crippen LogP contribution in [0, 0.1) is 0 Å². The third-order valence-electron chi connectivity index (χ3n) is 17.9. The average molecular weight is 855 g/mol. The Balaban J connectivity index is 1.04. The normalized spacial score (nSPS) is 23.6. The lowest BCUT2D eigenvalue weighted by Crippen LogP contribution is -2.57. The molecule has 0 heteroatoms. The first-order chi connectivity index (χ1) is 33.0. The molecule has 0 heterocycles. The van der Waals surface area contributed by atoms with Crippen molar-refractivity contribution in [2.75, 3.05) is 0 Å². The van der Waals surface area contributed by atoms with Crippen molar-refractivity contribution in [2.24, 2.45) is 0 Å². The molecule has 0 N–H and O–H groups in total. The topological polar surface area (TPSA) is 0 Å². The summed E-state index contributed by atoms with van der Waals surface area (Å²) in [5.41, 5.74) is 5.84. The van der Waals surface area contributed by atoms with Crippen molar-refractivity contribution < 1.29 is 0 Å². The molecular formula is C67H50. The van der Waals surface area contributed by atoms with Crippen LogP contribution in [0.2, 0.25) is 0 Å². The van der Waals surface area contributed by atoms with Crippen molar-refractivity contribution in [1.82, 2.24) is 0 Å². The van der Waals surface area contributed by atoms with E-state index >= 15 is 0 Å². The predicted octanol–water partition coefficient (Wildman–Crippen LogP) is 17.7. The van der Waals surface area contributed by atoms with Crippen molar-refractivity contribution in [2.45, 2.75) is 66.6 Å². The summed E-state index contributed by atoms with van der Waals surface area (Å²) in [4.78, 5) is 0. The molecule has 0 atom stereocenters. The standard InChI is InChI=1S/C67H50/c1-5-13-56-44(9-1)17-21-48-25-29-52(35-60(48)56)64-33-34-65(53-30-26-49-22-18-45-10-2-6-14-57(45)61(49)36-53)41-66(39-64,54-31-27-50-23-19-46-11-3-7-15-58(46)62(50)37-54)43-67(40-64,42-65)55-32-28-51-24-20-47-12-4-8-16-59(47)63(51)38-55/h1-32,35-38H,33-34,39-43H2. The van der Waals surface area contributed by atoms with Crippen LogP contribution < -0.4 is 0 Å². The molecule has 0 radical (unpaired) electrons. The molecule has 4 aliphatic rings. The van der Waals surface area contributed by atoms with Gasteiger partial charge in [-0.2, -0.15) is 0 Å². The van der Waals surface area contributed by atoms with Gasteiger partial charge < -0.3 is 0 Å². The van der Waals surface area contributed by atoms with Crippen LogP contribution in [0.1, 0.15) is 67.2 Å². The number of benzene rings is 12. The highest BCUT2D eigenvalue weighted by Gasteiger charge is 2.66. The highest BCUT2D eigenvalue weighted by Crippen LogP contribution is 2.72. The van der Waals surface area contributed by atoms with Gasteiger partial charge in [0.05, 0.1) is 0 Å². The Kier molecular flexibility index (Phi) is 7.72. The second kappa shape index (κ2) is 13.6. The quantitative estimate of drug-likeness (QED) is 0.155. The van der Waals surface area contributed by atoms with Gasteiger partial charge in [0.1, 0.15) is 0 Å². The second-order valence-corrected chi connectivity index (χ2v) is 21.4. The smallest absolute Gasteiger partial charge is 0.00213 e. The van der Waals surface area contributed by atoms with Gasteiger partial charge in [-0.25, -0.2) is 0 Å². The minimum atomic E-state index is -0.0900. The summed E-state index contributed by atoms with van der Waals surface area (Å²) < 4.78 is 0. The molecule has 4 aliphatic carbocycles. The van der Waals surface area contributed by atoms with E-state index in [-0.39, 0.29) is 21.7 Å². The lowest BCUT2D eigenvalue weighted by atomic mass is 9.41. The molecule has 0 nitrogen and oxygen atoms in total. The van der Waals surface area contributed by atoms with Crippen molar-refractivity contribution in [3.8, 4) is 0 Å². The van der Waals surface area contributed by atoms with Crippen LogP contribution in [0.15, 0.2) is 218 Å². The van der Waals surface area contributed by atoms with Crippen LogP contribution in [0.5, 0.6) is 0 Å². The van der Waals surface area contributed by atoms with Gasteiger partial charge in [-0.3, -0.25) is 0 Å². The molecule has 4 bridgehead atoms. The highest BCUT2D eigenvalue weighted by molar-refractivity contribution is 6.10. The third-order valence-corrected chi connectivity index (χ3v) is 17.9. The summed E-state index contributed by atoms with van der Waals surface area (Å²) in [6.07, 6.45) is 8.03. The van der Waals surface area contributed by atoms with Crippen molar-refractivity contribution in [3.05, 3.63) is 241 Å². The molecule has 67 heavy (non-hydrogen) atoms. The monoisotopic (exact) mass is 854 g/mol. The SMILES string of the molecule is c1ccc2c(c1)ccc1ccc(C34CCC5(c6ccc7ccc8ccccc8c7c6)CC(c6ccc7ccc8ccccc8c7c6)(C3)CC(c3ccc6ccc7ccccc7c6c3)(C4)C5)cc12. The van der Waals surface area contributed by atoms with E-state index in [4.69, 9.17) is 0 Å². The van der Waals surface area contributed by atoms with Crippen LogP contribution >= 0.6 is 0 Å². The zero-order valence-electron chi connectivity index (χ0n) is 37.7. The Morgan fingerprint density at radius 2 is 0.403 bits per heavy atom. The van der Waals surface area contributed by atoms with Crippen LogP contribution in [-0.4, -0.2) is 0 Å². The Morgan fingerprint density at radius 1 is 0.194 bits per heavy atom. The van der Waals surface area contributed by atoms with E-state index < -0.39 is 0 Å². The maximum absolute atomic E-state index is 2.66. The summed E-state index contributed by atoms with van der Waals surface area (Å²) in [6, 6.07) is 85.4. The van der Waals surface area contributed by atoms with Crippen LogP contribution in [-0.2, 0) is 21.7 Å². The van der Waals surface area contributed by atoms with Gasteiger partial charge in [0.25, 0.3) is 0 Å². The Bertz CT molecular complexity index is 3780. The zero-order valence-corrected chi connectivity index (χ0v) is 37.7. The third kappa shape index (κ3) is 5.48. The van der Waals surface area contributed by atoms with E-state index in [9.17, 15) is 0 Å². The average Bonchev–Trinajstić information content (AvgIpc) is 3.57. The van der Waals surface area contributed by atoms with Crippen molar-refractivity contribution in [3.63, 3.8) is 0 Å². The summed E-state index contributed by atoms with van der Waals surface area (Å²) >= 11 is 0. The van der Waals surface area contributed by atoms with E-state index in [1.54, 1.807) is 0 Å². The molecule has 0 aliphatic heterocycles. The largest absolute Gasteiger partial charge is 0.0616 e. The predicted molar refractivity (Wildman–Crippen MR) is 285 cm³/mol. The van der Waals surface area contributed by atoms with E-state index in [0.29, 0.717) is 0 Å². The fourth-order valence-electron chi connectivity index (χ4n) is 15.2. The van der Waals surface area contributed by atoms with E-state index in [1.165, 1.54) is 108 Å². The molecule has 16 rings (SSSR count). The molecule has 0 aromatic heterocycles. The van der Waals surface area contributed by atoms with Crippen molar-refractivity contribution in [1.29, 1.82) is 0 Å². The second-order valence-electron chi connectivity index (χ2n) is 21.4. The van der Waals surface area contributed by atoms with Gasteiger partial charge in [-0.1, -0.05) is 194 Å². The molecule has 12 aromatic rings. The summed E-state index contributed by atoms with van der Waals surface area (Å²) in [6.45, 7) is 0. The van der Waals surface area contributed by atoms with Gasteiger partial charge in [0.15, 0.2) is 0 Å². The van der Waals surface area contributed by atoms with E-state index in [2.05, 4.69) is 218 Å². The fourth-order valence-corrected chi connectivity index (χ4v) is 15.2. The lowest BCUT2D eigenvalue weighted by molar-refractivity contribution is 0.0376. The first-order valence-corrected chi connectivity index (χ1v) is 24.6. The van der Waals surface area contributed by atoms with Crippen LogP contribution in [0.25, 0.3) is 86.2 Å². The molecule has 4 saturated carbocycles. The van der Waals surface area contributed by atoms with Gasteiger partial charge in [-0.05, 0) is 199 Å². The highest BCUT2D eigenvalue weighted by atomic mass is 14.7. The summed E-state index contributed by atoms with van der Waals surface area (Å²) in [5.74, 6) is 0. The Hall–Kier alpha value is -7.28. The lowest BCUT2D eigenvalue weighted by Gasteiger charge is -2.62. The molecule has 0 spiro atoms. The Morgan fingerprint density at radius 3 is 0.687 bits per heavy atom. The molecule has 0 unspecified atom stereocenters. The first-order valence-electron chi connectivity index (χ1n) is 24.6. The minimum Gasteiger partial charge on any atom is -0.0616 e. The minimum absolute atomic E-state index is 0.0490. The maximum Gasteiger partial charge on any atom is -0.00213 e. The van der Waals surface area contributed by atoms with E-state index in [1.807, 2.05) is 0 Å². The van der Waals surface area contributed by atoms with Gasteiger partial charge in [0, 0.05) is 0 Å². The molecule has 318 valence electrons. The van der Waals surface area contributed by atoms with Gasteiger partial charge in [-0.15, -0.1) is 0 Å². The summed E-state index contributed by atoms with van der Waals surface area (Å²) in [5, 5.41) is 21.5. The van der Waals surface area contributed by atoms with Gasteiger partial charge in [0.2, 0.25) is 0 Å². The number of hydrogen-bond donors (Lipinski definition) is 0. The maximum atomic E-state index is 2.66. The first kappa shape index (κ1) is 37.9. The molecule has 0 amide bonds. The molecule has 4 fully saturated rings. The van der Waals surface area contributed by atoms with E-state index in [0.717, 1.165) is 44.9 Å². The fraction of sp³-hybridized carbons (Fsp3) is 0.164. The van der Waals surface area contributed by atoms with Crippen molar-refractivity contribution >= 4 is 86.2 Å². The number of hydrogen-bond acceptors (Lipinski definition) is 0. The summed E-state index contributed by atoms with van der Waals surface area (Å²) in [7, 11) is 0. The van der Waals surface area contributed by atoms with Gasteiger partial charge >= 0.3 is 0 Å². The van der Waals surface area contributed by atoms with Crippen LogP contribution in [0.4, 0.5) is 0 Å². The Labute approximate surface area is 391 Å². The number of fused-ring (bicyclic) bond motifs is 13. The van der Waals surface area contributed by atoms with Crippen LogP contribution in [0.3, 0.4) is 0 Å². The molecular weight excluding hydrogens is 805 g/mol. The molecule has 0 saturated heterocycles. The number of rotatable bonds is 4. The zero-order chi connectivity index (χ0) is 44.0. The molecule has 12 aromatic carbocycles.